The predicted molar refractivity (Wildman–Crippen MR) is 68.5 cm³/mol. The zero-order valence-electron chi connectivity index (χ0n) is 9.62. The van der Waals surface area contributed by atoms with Crippen LogP contribution in [0.15, 0.2) is 30.3 Å². The van der Waals surface area contributed by atoms with Gasteiger partial charge in [-0.3, -0.25) is 0 Å². The second-order valence-electron chi connectivity index (χ2n) is 3.93. The Bertz CT molecular complexity index is 597. The average molecular weight is 286 g/mol. The number of hydrogen-bond donors (Lipinski definition) is 3. The molecule has 0 spiro atoms. The lowest BCUT2D eigenvalue weighted by molar-refractivity contribution is 0.395. The molecule has 0 unspecified atom stereocenters. The molecular weight excluding hydrogens is 276 g/mol. The number of hydrogen-bond acceptors (Lipinski definition) is 3. The van der Waals surface area contributed by atoms with Crippen LogP contribution in [0.3, 0.4) is 0 Å². The van der Waals surface area contributed by atoms with Crippen LogP contribution < -0.4 is 5.32 Å². The van der Waals surface area contributed by atoms with Crippen molar-refractivity contribution in [3.05, 3.63) is 52.6 Å². The molecule has 6 heteroatoms. The number of aromatic hydroxyl groups is 2. The Hall–Kier alpha value is -2.01. The van der Waals surface area contributed by atoms with Crippen LogP contribution in [0.5, 0.6) is 11.5 Å². The molecule has 0 fully saturated rings. The first-order valence-corrected chi connectivity index (χ1v) is 5.74. The smallest absolute Gasteiger partial charge is 0.187 e. The van der Waals surface area contributed by atoms with Crippen LogP contribution in [-0.4, -0.2) is 10.2 Å². The molecule has 0 bridgehead atoms. The molecule has 3 N–H and O–H groups in total. The molecule has 0 amide bonds. The third-order valence-electron chi connectivity index (χ3n) is 2.52. The van der Waals surface area contributed by atoms with Gasteiger partial charge in [0.15, 0.2) is 17.4 Å². The van der Waals surface area contributed by atoms with Crippen molar-refractivity contribution in [2.24, 2.45) is 0 Å². The molecular formula is C13H10ClF2NO2. The monoisotopic (exact) mass is 285 g/mol. The topological polar surface area (TPSA) is 52.5 Å². The van der Waals surface area contributed by atoms with Crippen LogP contribution in [0, 0.1) is 11.6 Å². The van der Waals surface area contributed by atoms with Crippen LogP contribution in [0.1, 0.15) is 5.56 Å². The number of halogens is 3. The van der Waals surface area contributed by atoms with E-state index in [1.807, 2.05) is 0 Å². The summed E-state index contributed by atoms with van der Waals surface area (Å²) in [6, 6.07) is 6.54. The summed E-state index contributed by atoms with van der Waals surface area (Å²) in [7, 11) is 0. The minimum atomic E-state index is -1.01. The Morgan fingerprint density at radius 2 is 1.68 bits per heavy atom. The lowest BCUT2D eigenvalue weighted by Crippen LogP contribution is -2.00. The molecule has 0 aliphatic rings. The number of phenolic OH excluding ortho intramolecular Hbond substituents is 2. The van der Waals surface area contributed by atoms with E-state index in [0.29, 0.717) is 11.3 Å². The highest BCUT2D eigenvalue weighted by Gasteiger charge is 2.09. The lowest BCUT2D eigenvalue weighted by atomic mass is 10.2. The number of anilines is 1. The van der Waals surface area contributed by atoms with Crippen LogP contribution in [-0.2, 0) is 6.54 Å². The molecule has 0 aliphatic carbocycles. The molecule has 19 heavy (non-hydrogen) atoms. The zero-order chi connectivity index (χ0) is 14.0. The highest BCUT2D eigenvalue weighted by molar-refractivity contribution is 6.32. The second kappa shape index (κ2) is 5.32. The van der Waals surface area contributed by atoms with Crippen LogP contribution in [0.2, 0.25) is 5.02 Å². The normalized spacial score (nSPS) is 10.5. The molecule has 0 aromatic heterocycles. The Balaban J connectivity index is 2.12. The molecule has 3 nitrogen and oxygen atoms in total. The Kier molecular flexibility index (Phi) is 3.76. The minimum absolute atomic E-state index is 0.0473. The largest absolute Gasteiger partial charge is 0.506 e. The van der Waals surface area contributed by atoms with Gasteiger partial charge >= 0.3 is 0 Å². The summed E-state index contributed by atoms with van der Waals surface area (Å²) < 4.78 is 26.2. The van der Waals surface area contributed by atoms with Gasteiger partial charge in [-0.2, -0.15) is 0 Å². The third-order valence-corrected chi connectivity index (χ3v) is 2.82. The summed E-state index contributed by atoms with van der Waals surface area (Å²) in [6.07, 6.45) is 0. The van der Waals surface area contributed by atoms with Gasteiger partial charge in [-0.15, -0.1) is 0 Å². The number of phenols is 2. The van der Waals surface area contributed by atoms with Gasteiger partial charge in [0, 0.05) is 12.2 Å². The van der Waals surface area contributed by atoms with E-state index in [-0.39, 0.29) is 17.3 Å². The van der Waals surface area contributed by atoms with E-state index in [9.17, 15) is 13.9 Å². The fourth-order valence-electron chi connectivity index (χ4n) is 1.54. The molecule has 0 radical (unpaired) electrons. The van der Waals surface area contributed by atoms with Crippen LogP contribution >= 0.6 is 11.6 Å². The molecule has 0 saturated carbocycles. The molecule has 0 heterocycles. The average Bonchev–Trinajstić information content (AvgIpc) is 2.37. The zero-order valence-corrected chi connectivity index (χ0v) is 10.4. The molecule has 0 atom stereocenters. The number of rotatable bonds is 3. The van der Waals surface area contributed by atoms with Gasteiger partial charge in [0.25, 0.3) is 0 Å². The number of nitrogens with one attached hydrogen (secondary N) is 1. The first-order chi connectivity index (χ1) is 8.97. The Morgan fingerprint density at radius 1 is 1.05 bits per heavy atom. The Morgan fingerprint density at radius 3 is 2.26 bits per heavy atom. The van der Waals surface area contributed by atoms with Gasteiger partial charge in [0.2, 0.25) is 0 Å². The van der Waals surface area contributed by atoms with Gasteiger partial charge in [-0.05, 0) is 35.9 Å². The molecule has 0 saturated heterocycles. The summed E-state index contributed by atoms with van der Waals surface area (Å²) >= 11 is 5.72. The fourth-order valence-corrected chi connectivity index (χ4v) is 1.72. The highest BCUT2D eigenvalue weighted by Crippen LogP contribution is 2.27. The van der Waals surface area contributed by atoms with E-state index < -0.39 is 17.4 Å². The first kappa shape index (κ1) is 13.4. The van der Waals surface area contributed by atoms with Gasteiger partial charge in [0.05, 0.1) is 5.02 Å². The quantitative estimate of drug-likeness (QED) is 0.755. The second-order valence-corrected chi connectivity index (χ2v) is 4.34. The van der Waals surface area contributed by atoms with Crippen molar-refractivity contribution < 1.29 is 19.0 Å². The summed E-state index contributed by atoms with van der Waals surface area (Å²) in [5, 5.41) is 21.3. The van der Waals surface area contributed by atoms with Crippen molar-refractivity contribution in [2.75, 3.05) is 5.32 Å². The molecule has 2 aromatic rings. The van der Waals surface area contributed by atoms with Crippen molar-refractivity contribution in [3.63, 3.8) is 0 Å². The lowest BCUT2D eigenvalue weighted by Gasteiger charge is -2.08. The van der Waals surface area contributed by atoms with E-state index >= 15 is 0 Å². The van der Waals surface area contributed by atoms with Crippen LogP contribution in [0.25, 0.3) is 0 Å². The van der Waals surface area contributed by atoms with Gasteiger partial charge in [-0.1, -0.05) is 11.6 Å². The predicted octanol–water partition coefficient (Wildman–Crippen LogP) is 3.64. The van der Waals surface area contributed by atoms with Crippen molar-refractivity contribution >= 4 is 17.3 Å². The molecule has 100 valence electrons. The van der Waals surface area contributed by atoms with E-state index in [1.165, 1.54) is 12.1 Å². The summed E-state index contributed by atoms with van der Waals surface area (Å²) in [4.78, 5) is 0. The standard InChI is InChI=1S/C13H10ClF2NO2/c14-9-5-8(1-2-12(9)18)17-6-7-3-10(15)13(19)11(16)4-7/h1-5,17-19H,6H2. The number of benzene rings is 2. The van der Waals surface area contributed by atoms with E-state index in [4.69, 9.17) is 16.7 Å². The Labute approximate surface area is 113 Å². The third kappa shape index (κ3) is 3.06. The first-order valence-electron chi connectivity index (χ1n) is 5.36. The maximum atomic E-state index is 13.1. The van der Waals surface area contributed by atoms with Crippen molar-refractivity contribution in [3.8, 4) is 11.5 Å². The van der Waals surface area contributed by atoms with Gasteiger partial charge < -0.3 is 15.5 Å². The van der Waals surface area contributed by atoms with E-state index in [2.05, 4.69) is 5.32 Å². The maximum absolute atomic E-state index is 13.1. The van der Waals surface area contributed by atoms with Crippen molar-refractivity contribution in [2.45, 2.75) is 6.54 Å². The fraction of sp³-hybridized carbons (Fsp3) is 0.0769. The van der Waals surface area contributed by atoms with Crippen LogP contribution in [0.4, 0.5) is 14.5 Å². The molecule has 2 aromatic carbocycles. The SMILES string of the molecule is Oc1ccc(NCc2cc(F)c(O)c(F)c2)cc1Cl. The van der Waals surface area contributed by atoms with E-state index in [1.54, 1.807) is 6.07 Å². The minimum Gasteiger partial charge on any atom is -0.506 e. The summed E-state index contributed by atoms with van der Waals surface area (Å²) in [5.74, 6) is -3.06. The maximum Gasteiger partial charge on any atom is 0.187 e. The van der Waals surface area contributed by atoms with E-state index in [0.717, 1.165) is 12.1 Å². The summed E-state index contributed by atoms with van der Waals surface area (Å²) in [5.41, 5.74) is 0.925. The van der Waals surface area contributed by atoms with Crippen molar-refractivity contribution in [1.82, 2.24) is 0 Å². The highest BCUT2D eigenvalue weighted by atomic mass is 35.5. The van der Waals surface area contributed by atoms with Crippen molar-refractivity contribution in [1.29, 1.82) is 0 Å². The molecule has 2 rings (SSSR count). The molecule has 0 aliphatic heterocycles. The van der Waals surface area contributed by atoms with Gasteiger partial charge in [-0.25, -0.2) is 8.78 Å². The summed E-state index contributed by atoms with van der Waals surface area (Å²) in [6.45, 7) is 0.148. The van der Waals surface area contributed by atoms with Gasteiger partial charge in [0.1, 0.15) is 5.75 Å².